The van der Waals surface area contributed by atoms with Crippen LogP contribution in [0, 0.1) is 0 Å². The predicted octanol–water partition coefficient (Wildman–Crippen LogP) is 2.54. The molecule has 0 atom stereocenters. The molecule has 4 heteroatoms. The maximum atomic E-state index is 11.5. The summed E-state index contributed by atoms with van der Waals surface area (Å²) in [6.45, 7) is 4.38. The van der Waals surface area contributed by atoms with Crippen molar-refractivity contribution in [2.45, 2.75) is 33.1 Å². The first-order valence-corrected chi connectivity index (χ1v) is 6.48. The number of ether oxygens (including phenoxy) is 2. The van der Waals surface area contributed by atoms with Crippen LogP contribution in [0.25, 0.3) is 0 Å². The minimum Gasteiger partial charge on any atom is -0.494 e. The van der Waals surface area contributed by atoms with Crippen LogP contribution in [-0.2, 0) is 20.7 Å². The van der Waals surface area contributed by atoms with Gasteiger partial charge in [0, 0.05) is 6.42 Å². The van der Waals surface area contributed by atoms with E-state index in [-0.39, 0.29) is 18.2 Å². The summed E-state index contributed by atoms with van der Waals surface area (Å²) < 4.78 is 10.4. The van der Waals surface area contributed by atoms with Gasteiger partial charge < -0.3 is 14.3 Å². The lowest BCUT2D eigenvalue weighted by Gasteiger charge is -2.06. The van der Waals surface area contributed by atoms with Gasteiger partial charge in [0.05, 0.1) is 19.6 Å². The standard InChI is InChI=1S/C15H20O4/c1-3-18-14-8-6-13(7-9-14)11-15(17)19-10-4-5-12(2)16/h6-9H,3-5,10-11H2,1-2H3. The second-order valence-corrected chi connectivity index (χ2v) is 4.28. The maximum absolute atomic E-state index is 11.5. The van der Waals surface area contributed by atoms with Gasteiger partial charge in [-0.05, 0) is 38.0 Å². The third-order valence-electron chi connectivity index (χ3n) is 2.52. The molecule has 4 nitrogen and oxygen atoms in total. The van der Waals surface area contributed by atoms with Crippen molar-refractivity contribution in [2.75, 3.05) is 13.2 Å². The van der Waals surface area contributed by atoms with Gasteiger partial charge in [-0.1, -0.05) is 12.1 Å². The molecule has 1 aromatic rings. The van der Waals surface area contributed by atoms with Gasteiger partial charge in [-0.3, -0.25) is 4.79 Å². The summed E-state index contributed by atoms with van der Waals surface area (Å²) in [5.74, 6) is 0.636. The van der Waals surface area contributed by atoms with Crippen LogP contribution in [0.15, 0.2) is 24.3 Å². The van der Waals surface area contributed by atoms with E-state index in [9.17, 15) is 9.59 Å². The van der Waals surface area contributed by atoms with Crippen molar-refractivity contribution < 1.29 is 19.1 Å². The fraction of sp³-hybridized carbons (Fsp3) is 0.467. The van der Waals surface area contributed by atoms with E-state index in [2.05, 4.69) is 0 Å². The van der Waals surface area contributed by atoms with Crippen LogP contribution in [-0.4, -0.2) is 25.0 Å². The Morgan fingerprint density at radius 1 is 1.16 bits per heavy atom. The number of rotatable bonds is 8. The molecule has 0 aliphatic carbocycles. The van der Waals surface area contributed by atoms with Crippen LogP contribution in [0.5, 0.6) is 5.75 Å². The largest absolute Gasteiger partial charge is 0.494 e. The Bertz CT molecular complexity index is 409. The van der Waals surface area contributed by atoms with E-state index >= 15 is 0 Å². The van der Waals surface area contributed by atoms with Gasteiger partial charge >= 0.3 is 5.97 Å². The zero-order valence-corrected chi connectivity index (χ0v) is 11.5. The van der Waals surface area contributed by atoms with Gasteiger partial charge in [-0.2, -0.15) is 0 Å². The Morgan fingerprint density at radius 3 is 2.42 bits per heavy atom. The Morgan fingerprint density at radius 2 is 1.84 bits per heavy atom. The fourth-order valence-corrected chi connectivity index (χ4v) is 1.60. The zero-order chi connectivity index (χ0) is 14.1. The summed E-state index contributed by atoms with van der Waals surface area (Å²) in [6.07, 6.45) is 1.28. The molecule has 0 spiro atoms. The smallest absolute Gasteiger partial charge is 0.310 e. The molecule has 0 amide bonds. The van der Waals surface area contributed by atoms with E-state index in [0.29, 0.717) is 26.1 Å². The molecule has 0 fully saturated rings. The highest BCUT2D eigenvalue weighted by Gasteiger charge is 2.05. The molecule has 0 saturated heterocycles. The monoisotopic (exact) mass is 264 g/mol. The predicted molar refractivity (Wildman–Crippen MR) is 72.2 cm³/mol. The van der Waals surface area contributed by atoms with Crippen LogP contribution in [0.1, 0.15) is 32.3 Å². The normalized spacial score (nSPS) is 10.0. The van der Waals surface area contributed by atoms with E-state index < -0.39 is 0 Å². The van der Waals surface area contributed by atoms with Gasteiger partial charge in [-0.25, -0.2) is 0 Å². The van der Waals surface area contributed by atoms with Gasteiger partial charge in [-0.15, -0.1) is 0 Å². The molecule has 19 heavy (non-hydrogen) atoms. The molecular formula is C15H20O4. The Kier molecular flexibility index (Phi) is 6.64. The number of ketones is 1. The average molecular weight is 264 g/mol. The lowest BCUT2D eigenvalue weighted by molar-refractivity contribution is -0.143. The SMILES string of the molecule is CCOc1ccc(CC(=O)OCCCC(C)=O)cc1. The van der Waals surface area contributed by atoms with Crippen molar-refractivity contribution in [1.29, 1.82) is 0 Å². The van der Waals surface area contributed by atoms with Crippen LogP contribution in [0.2, 0.25) is 0 Å². The average Bonchev–Trinajstić information content (AvgIpc) is 2.37. The summed E-state index contributed by atoms with van der Waals surface area (Å²) in [7, 11) is 0. The second-order valence-electron chi connectivity index (χ2n) is 4.28. The molecule has 0 aliphatic rings. The summed E-state index contributed by atoms with van der Waals surface area (Å²) in [4.78, 5) is 22.2. The number of carbonyl (C=O) groups is 2. The molecule has 0 radical (unpaired) electrons. The van der Waals surface area contributed by atoms with Crippen molar-refractivity contribution in [2.24, 2.45) is 0 Å². The van der Waals surface area contributed by atoms with Crippen LogP contribution in [0.4, 0.5) is 0 Å². The minimum absolute atomic E-state index is 0.113. The molecule has 0 saturated carbocycles. The topological polar surface area (TPSA) is 52.6 Å². The molecule has 1 aromatic carbocycles. The number of Topliss-reactive ketones (excluding diaryl/α,β-unsaturated/α-hetero) is 1. The third kappa shape index (κ3) is 6.60. The lowest BCUT2D eigenvalue weighted by atomic mass is 10.1. The highest BCUT2D eigenvalue weighted by atomic mass is 16.5. The van der Waals surface area contributed by atoms with E-state index in [4.69, 9.17) is 9.47 Å². The number of hydrogen-bond acceptors (Lipinski definition) is 4. The maximum Gasteiger partial charge on any atom is 0.310 e. The van der Waals surface area contributed by atoms with Crippen LogP contribution >= 0.6 is 0 Å². The summed E-state index contributed by atoms with van der Waals surface area (Å²) in [5, 5.41) is 0. The van der Waals surface area contributed by atoms with Crippen molar-refractivity contribution in [3.63, 3.8) is 0 Å². The molecule has 1 rings (SSSR count). The first-order valence-electron chi connectivity index (χ1n) is 6.48. The Balaban J connectivity index is 2.29. The fourth-order valence-electron chi connectivity index (χ4n) is 1.60. The molecule has 104 valence electrons. The molecule has 0 N–H and O–H groups in total. The zero-order valence-electron chi connectivity index (χ0n) is 11.5. The van der Waals surface area contributed by atoms with Crippen molar-refractivity contribution >= 4 is 11.8 Å². The number of benzene rings is 1. The summed E-state index contributed by atoms with van der Waals surface area (Å²) in [5.41, 5.74) is 0.889. The van der Waals surface area contributed by atoms with Crippen molar-refractivity contribution in [3.8, 4) is 5.75 Å². The van der Waals surface area contributed by atoms with Crippen LogP contribution in [0.3, 0.4) is 0 Å². The van der Waals surface area contributed by atoms with Crippen molar-refractivity contribution in [3.05, 3.63) is 29.8 Å². The second kappa shape index (κ2) is 8.29. The Hall–Kier alpha value is -1.84. The van der Waals surface area contributed by atoms with E-state index in [0.717, 1.165) is 11.3 Å². The number of hydrogen-bond donors (Lipinski definition) is 0. The molecule has 0 aliphatic heterocycles. The van der Waals surface area contributed by atoms with E-state index in [1.807, 2.05) is 31.2 Å². The quantitative estimate of drug-likeness (QED) is 0.535. The molecule has 0 aromatic heterocycles. The van der Waals surface area contributed by atoms with Gasteiger partial charge in [0.25, 0.3) is 0 Å². The Labute approximate surface area is 113 Å². The van der Waals surface area contributed by atoms with Crippen molar-refractivity contribution in [1.82, 2.24) is 0 Å². The van der Waals surface area contributed by atoms with Gasteiger partial charge in [0.1, 0.15) is 11.5 Å². The third-order valence-corrected chi connectivity index (χ3v) is 2.52. The molecule has 0 unspecified atom stereocenters. The first kappa shape index (κ1) is 15.2. The molecule has 0 heterocycles. The lowest BCUT2D eigenvalue weighted by Crippen LogP contribution is -2.09. The first-order chi connectivity index (χ1) is 9.11. The number of carbonyl (C=O) groups excluding carboxylic acids is 2. The summed E-state index contributed by atoms with van der Waals surface area (Å²) >= 11 is 0. The van der Waals surface area contributed by atoms with E-state index in [1.54, 1.807) is 0 Å². The van der Waals surface area contributed by atoms with Gasteiger partial charge in [0.2, 0.25) is 0 Å². The minimum atomic E-state index is -0.271. The highest BCUT2D eigenvalue weighted by molar-refractivity contribution is 5.75. The van der Waals surface area contributed by atoms with E-state index in [1.165, 1.54) is 6.92 Å². The van der Waals surface area contributed by atoms with Crippen LogP contribution < -0.4 is 4.74 Å². The molecule has 0 bridgehead atoms. The molecular weight excluding hydrogens is 244 g/mol. The summed E-state index contributed by atoms with van der Waals surface area (Å²) in [6, 6.07) is 7.37. The highest BCUT2D eigenvalue weighted by Crippen LogP contribution is 2.12. The number of esters is 1. The van der Waals surface area contributed by atoms with Gasteiger partial charge in [0.15, 0.2) is 0 Å².